The highest BCUT2D eigenvalue weighted by atomic mass is 32.2. The van der Waals surface area contributed by atoms with E-state index in [-0.39, 0.29) is 11.5 Å². The van der Waals surface area contributed by atoms with Crippen molar-refractivity contribution in [3.05, 3.63) is 0 Å². The number of carbonyl (C=O) groups excluding carboxylic acids is 1. The summed E-state index contributed by atoms with van der Waals surface area (Å²) in [6, 6.07) is 0. The van der Waals surface area contributed by atoms with Crippen molar-refractivity contribution >= 4 is 16.9 Å². The third kappa shape index (κ3) is 7.96. The van der Waals surface area contributed by atoms with Gasteiger partial charge in [-0.15, -0.1) is 0 Å². The second-order valence-corrected chi connectivity index (χ2v) is 4.58. The molecule has 1 nitrogen and oxygen atoms in total. The van der Waals surface area contributed by atoms with Crippen LogP contribution in [0, 0.1) is 0 Å². The van der Waals surface area contributed by atoms with Gasteiger partial charge in [0.1, 0.15) is 0 Å². The summed E-state index contributed by atoms with van der Waals surface area (Å²) < 4.78 is 47.7. The third-order valence-electron chi connectivity index (χ3n) is 2.01. The number of rotatable bonds is 7. The van der Waals surface area contributed by atoms with Gasteiger partial charge in [-0.05, 0) is 12.8 Å². The molecule has 0 spiro atoms. The molecule has 0 radical (unpaired) electrons. The van der Waals surface area contributed by atoms with E-state index in [1.165, 1.54) is 11.8 Å². The first-order valence-corrected chi connectivity index (χ1v) is 6.23. The predicted molar refractivity (Wildman–Crippen MR) is 57.2 cm³/mol. The molecule has 0 amide bonds. The summed E-state index contributed by atoms with van der Waals surface area (Å²) in [6.45, 7) is 1.76. The van der Waals surface area contributed by atoms with E-state index >= 15 is 0 Å². The van der Waals surface area contributed by atoms with Gasteiger partial charge >= 0.3 is 6.18 Å². The molecule has 0 bridgehead atoms. The average Bonchev–Trinajstić information content (AvgIpc) is 2.20. The SMILES string of the molecule is CCC(=O)SCCCCCC(F)C(F)(F)F. The summed E-state index contributed by atoms with van der Waals surface area (Å²) in [5.74, 6) is 0.607. The maximum atomic E-state index is 12.4. The van der Waals surface area contributed by atoms with Gasteiger partial charge < -0.3 is 0 Å². The fourth-order valence-electron chi connectivity index (χ4n) is 1.05. The molecule has 1 unspecified atom stereocenters. The first-order chi connectivity index (χ1) is 7.38. The number of alkyl halides is 4. The van der Waals surface area contributed by atoms with Gasteiger partial charge in [-0.1, -0.05) is 31.5 Å². The van der Waals surface area contributed by atoms with Crippen LogP contribution in [0.4, 0.5) is 17.6 Å². The zero-order valence-corrected chi connectivity index (χ0v) is 9.96. The Kier molecular flexibility index (Phi) is 7.80. The van der Waals surface area contributed by atoms with Crippen LogP contribution in [0.15, 0.2) is 0 Å². The van der Waals surface area contributed by atoms with E-state index < -0.39 is 18.8 Å². The van der Waals surface area contributed by atoms with Gasteiger partial charge in [0.05, 0.1) is 0 Å². The van der Waals surface area contributed by atoms with Crippen LogP contribution in [-0.2, 0) is 4.79 Å². The lowest BCUT2D eigenvalue weighted by Crippen LogP contribution is -2.23. The van der Waals surface area contributed by atoms with Crippen LogP contribution >= 0.6 is 11.8 Å². The van der Waals surface area contributed by atoms with Crippen LogP contribution in [0.3, 0.4) is 0 Å². The average molecular weight is 260 g/mol. The van der Waals surface area contributed by atoms with Crippen LogP contribution < -0.4 is 0 Å². The van der Waals surface area contributed by atoms with Crippen molar-refractivity contribution in [1.82, 2.24) is 0 Å². The van der Waals surface area contributed by atoms with Crippen molar-refractivity contribution in [2.45, 2.75) is 51.4 Å². The van der Waals surface area contributed by atoms with Gasteiger partial charge in [0.2, 0.25) is 0 Å². The largest absolute Gasteiger partial charge is 0.419 e. The summed E-state index contributed by atoms with van der Waals surface area (Å²) in [4.78, 5) is 10.8. The minimum atomic E-state index is -4.73. The monoisotopic (exact) mass is 260 g/mol. The number of hydrogen-bond acceptors (Lipinski definition) is 2. The molecule has 0 aliphatic carbocycles. The fraction of sp³-hybridized carbons (Fsp3) is 0.900. The molecule has 0 saturated heterocycles. The Balaban J connectivity index is 3.37. The molecule has 0 aromatic heterocycles. The Morgan fingerprint density at radius 3 is 2.38 bits per heavy atom. The van der Waals surface area contributed by atoms with Gasteiger partial charge in [-0.2, -0.15) is 13.2 Å². The van der Waals surface area contributed by atoms with E-state index in [0.717, 1.165) is 0 Å². The van der Waals surface area contributed by atoms with Gasteiger partial charge in [-0.3, -0.25) is 4.79 Å². The van der Waals surface area contributed by atoms with Crippen molar-refractivity contribution in [3.8, 4) is 0 Å². The third-order valence-corrected chi connectivity index (χ3v) is 3.11. The molecule has 16 heavy (non-hydrogen) atoms. The molecule has 0 aliphatic rings. The lowest BCUT2D eigenvalue weighted by Gasteiger charge is -2.11. The number of unbranched alkanes of at least 4 members (excludes halogenated alkanes) is 2. The molecule has 0 aliphatic heterocycles. The summed E-state index contributed by atoms with van der Waals surface area (Å²) in [6.07, 6.45) is -6.06. The van der Waals surface area contributed by atoms with Gasteiger partial charge in [0.15, 0.2) is 11.3 Å². The van der Waals surface area contributed by atoms with Crippen molar-refractivity contribution in [2.24, 2.45) is 0 Å². The summed E-state index contributed by atoms with van der Waals surface area (Å²) >= 11 is 1.19. The number of carbonyl (C=O) groups is 1. The Morgan fingerprint density at radius 2 is 1.88 bits per heavy atom. The van der Waals surface area contributed by atoms with Gasteiger partial charge in [0, 0.05) is 12.2 Å². The smallest absolute Gasteiger partial charge is 0.287 e. The topological polar surface area (TPSA) is 17.1 Å². The minimum absolute atomic E-state index is 0.0821. The van der Waals surface area contributed by atoms with Crippen molar-refractivity contribution in [3.63, 3.8) is 0 Å². The van der Waals surface area contributed by atoms with Crippen LogP contribution in [0.25, 0.3) is 0 Å². The Morgan fingerprint density at radius 1 is 1.25 bits per heavy atom. The molecule has 0 N–H and O–H groups in total. The Labute approximate surface area is 97.0 Å². The second kappa shape index (κ2) is 7.92. The minimum Gasteiger partial charge on any atom is -0.287 e. The molecule has 0 rings (SSSR count). The number of thioether (sulfide) groups is 1. The van der Waals surface area contributed by atoms with Gasteiger partial charge in [0.25, 0.3) is 0 Å². The predicted octanol–water partition coefficient (Wildman–Crippen LogP) is 4.12. The summed E-state index contributed by atoms with van der Waals surface area (Å²) in [7, 11) is 0. The van der Waals surface area contributed by atoms with Crippen LogP contribution in [0.5, 0.6) is 0 Å². The van der Waals surface area contributed by atoms with E-state index in [2.05, 4.69) is 0 Å². The summed E-state index contributed by atoms with van der Waals surface area (Å²) in [5, 5.41) is 0.0821. The molecular weight excluding hydrogens is 244 g/mol. The molecule has 96 valence electrons. The van der Waals surface area contributed by atoms with Crippen molar-refractivity contribution < 1.29 is 22.4 Å². The second-order valence-electron chi connectivity index (χ2n) is 3.43. The molecule has 0 aromatic carbocycles. The zero-order valence-electron chi connectivity index (χ0n) is 9.15. The standard InChI is InChI=1S/C10H16F4OS/c1-2-9(15)16-7-5-3-4-6-8(11)10(12,13)14/h8H,2-7H2,1H3. The first kappa shape index (κ1) is 15.7. The maximum Gasteiger partial charge on any atom is 0.419 e. The van der Waals surface area contributed by atoms with Crippen LogP contribution in [0.2, 0.25) is 0 Å². The quantitative estimate of drug-likeness (QED) is 0.506. The molecule has 0 saturated carbocycles. The fourth-order valence-corrected chi connectivity index (χ4v) is 1.83. The molecule has 0 aromatic rings. The molecule has 6 heteroatoms. The lowest BCUT2D eigenvalue weighted by molar-refractivity contribution is -0.182. The molecule has 0 heterocycles. The number of halogens is 4. The van der Waals surface area contributed by atoms with Gasteiger partial charge in [-0.25, -0.2) is 4.39 Å². The Hall–Kier alpha value is -0.260. The van der Waals surface area contributed by atoms with E-state index in [1.54, 1.807) is 6.92 Å². The highest BCUT2D eigenvalue weighted by Crippen LogP contribution is 2.26. The zero-order chi connectivity index (χ0) is 12.6. The first-order valence-electron chi connectivity index (χ1n) is 5.24. The molecule has 1 atom stereocenters. The highest BCUT2D eigenvalue weighted by Gasteiger charge is 2.39. The maximum absolute atomic E-state index is 12.4. The van der Waals surface area contributed by atoms with Crippen LogP contribution in [0.1, 0.15) is 39.0 Å². The van der Waals surface area contributed by atoms with Crippen LogP contribution in [-0.4, -0.2) is 23.2 Å². The summed E-state index contributed by atoms with van der Waals surface area (Å²) in [5.41, 5.74) is 0. The molecular formula is C10H16F4OS. The Bertz CT molecular complexity index is 205. The van der Waals surface area contributed by atoms with Crippen molar-refractivity contribution in [2.75, 3.05) is 5.75 Å². The van der Waals surface area contributed by atoms with E-state index in [9.17, 15) is 22.4 Å². The number of hydrogen-bond donors (Lipinski definition) is 0. The lowest BCUT2D eigenvalue weighted by atomic mass is 10.1. The van der Waals surface area contributed by atoms with E-state index in [1.807, 2.05) is 0 Å². The van der Waals surface area contributed by atoms with E-state index in [4.69, 9.17) is 0 Å². The molecule has 0 fully saturated rings. The normalized spacial score (nSPS) is 13.8. The van der Waals surface area contributed by atoms with Crippen molar-refractivity contribution in [1.29, 1.82) is 0 Å². The highest BCUT2D eigenvalue weighted by molar-refractivity contribution is 8.13. The van der Waals surface area contributed by atoms with E-state index in [0.29, 0.717) is 25.0 Å².